The topological polar surface area (TPSA) is 20.2 Å². The van der Waals surface area contributed by atoms with Crippen LogP contribution in [0.4, 0.5) is 0 Å². The molecule has 1 nitrogen and oxygen atoms in total. The monoisotopic (exact) mass is 218 g/mol. The van der Waals surface area contributed by atoms with Crippen LogP contribution in [0.25, 0.3) is 0 Å². The highest BCUT2D eigenvalue weighted by molar-refractivity contribution is 9.11. The van der Waals surface area contributed by atoms with Gasteiger partial charge in [0.15, 0.2) is 0 Å². The Labute approximate surface area is 77.3 Å². The summed E-state index contributed by atoms with van der Waals surface area (Å²) in [5, 5.41) is 8.78. The van der Waals surface area contributed by atoms with Crippen molar-refractivity contribution < 1.29 is 5.11 Å². The summed E-state index contributed by atoms with van der Waals surface area (Å²) in [5.41, 5.74) is 0. The third-order valence-corrected chi connectivity index (χ3v) is 0.957. The van der Waals surface area contributed by atoms with Crippen molar-refractivity contribution in [3.8, 4) is 0 Å². The zero-order chi connectivity index (χ0) is 9.28. The highest BCUT2D eigenvalue weighted by Gasteiger charge is 1.78. The largest absolute Gasteiger partial charge is 0.508 e. The van der Waals surface area contributed by atoms with E-state index in [9.17, 15) is 0 Å². The van der Waals surface area contributed by atoms with Gasteiger partial charge in [-0.25, -0.2) is 0 Å². The Morgan fingerprint density at radius 3 is 2.09 bits per heavy atom. The zero-order valence-corrected chi connectivity index (χ0v) is 8.85. The van der Waals surface area contributed by atoms with Crippen LogP contribution in [0.2, 0.25) is 0 Å². The Morgan fingerprint density at radius 1 is 1.36 bits per heavy atom. The van der Waals surface area contributed by atoms with Crippen LogP contribution in [0.1, 0.15) is 20.8 Å². The standard InChI is InChI=1S/C7H9BrO.C2H6/c1-3-7(9)5-4-6(2)8;1-2/h3-5,9H,1H2,2H3;1-2H3/b6-4+,7-5+;. The minimum atomic E-state index is 0.175. The van der Waals surface area contributed by atoms with Crippen molar-refractivity contribution in [3.05, 3.63) is 35.0 Å². The number of allylic oxidation sites excluding steroid dienone is 4. The van der Waals surface area contributed by atoms with E-state index in [0.717, 1.165) is 4.48 Å². The third-order valence-electron chi connectivity index (χ3n) is 0.693. The van der Waals surface area contributed by atoms with Crippen LogP contribution in [0.15, 0.2) is 35.0 Å². The summed E-state index contributed by atoms with van der Waals surface area (Å²) in [6.45, 7) is 9.26. The average molecular weight is 219 g/mol. The van der Waals surface area contributed by atoms with E-state index in [0.29, 0.717) is 0 Å². The molecule has 0 rings (SSSR count). The van der Waals surface area contributed by atoms with Crippen LogP contribution in [0.3, 0.4) is 0 Å². The summed E-state index contributed by atoms with van der Waals surface area (Å²) >= 11 is 3.20. The summed E-state index contributed by atoms with van der Waals surface area (Å²) in [6, 6.07) is 0. The van der Waals surface area contributed by atoms with E-state index in [2.05, 4.69) is 22.5 Å². The number of halogens is 1. The van der Waals surface area contributed by atoms with Gasteiger partial charge in [0.2, 0.25) is 0 Å². The van der Waals surface area contributed by atoms with Gasteiger partial charge in [-0.05, 0) is 29.6 Å². The van der Waals surface area contributed by atoms with Gasteiger partial charge in [-0.1, -0.05) is 36.4 Å². The first-order valence-corrected chi connectivity index (χ1v) is 4.31. The van der Waals surface area contributed by atoms with Crippen LogP contribution in [0.5, 0.6) is 0 Å². The molecule has 0 aliphatic carbocycles. The highest BCUT2D eigenvalue weighted by atomic mass is 79.9. The molecule has 11 heavy (non-hydrogen) atoms. The SMILES string of the molecule is C=C/C(O)=C\C=C(/C)Br.CC. The number of hydrogen-bond acceptors (Lipinski definition) is 1. The Morgan fingerprint density at radius 2 is 1.82 bits per heavy atom. The molecule has 0 aromatic rings. The molecule has 0 spiro atoms. The molecule has 64 valence electrons. The summed E-state index contributed by atoms with van der Waals surface area (Å²) in [4.78, 5) is 0. The first kappa shape index (κ1) is 13.1. The summed E-state index contributed by atoms with van der Waals surface area (Å²) in [6.07, 6.45) is 4.69. The Kier molecular flexibility index (Phi) is 11.3. The van der Waals surface area contributed by atoms with Crippen molar-refractivity contribution in [3.63, 3.8) is 0 Å². The number of aliphatic hydroxyl groups is 1. The van der Waals surface area contributed by atoms with Crippen LogP contribution < -0.4 is 0 Å². The second-order valence-corrected chi connectivity index (χ2v) is 2.80. The lowest BCUT2D eigenvalue weighted by atomic mass is 10.4. The lowest BCUT2D eigenvalue weighted by molar-refractivity contribution is 0.433. The molecule has 0 aromatic carbocycles. The Hall–Kier alpha value is -0.500. The van der Waals surface area contributed by atoms with E-state index in [1.165, 1.54) is 6.08 Å². The Balaban J connectivity index is 0. The van der Waals surface area contributed by atoms with Gasteiger partial charge in [0.1, 0.15) is 5.76 Å². The van der Waals surface area contributed by atoms with Gasteiger partial charge in [-0.3, -0.25) is 0 Å². The molecule has 0 saturated carbocycles. The number of aliphatic hydroxyl groups excluding tert-OH is 1. The molecule has 0 fully saturated rings. The normalized spacial score (nSPS) is 11.6. The van der Waals surface area contributed by atoms with E-state index >= 15 is 0 Å². The van der Waals surface area contributed by atoms with Crippen molar-refractivity contribution in [2.75, 3.05) is 0 Å². The van der Waals surface area contributed by atoms with Crippen LogP contribution >= 0.6 is 15.9 Å². The van der Waals surface area contributed by atoms with E-state index in [-0.39, 0.29) is 5.76 Å². The minimum Gasteiger partial charge on any atom is -0.508 e. The second kappa shape index (κ2) is 9.50. The molecule has 0 heterocycles. The predicted octanol–water partition coefficient (Wildman–Crippen LogP) is 3.94. The van der Waals surface area contributed by atoms with Crippen molar-refractivity contribution in [2.24, 2.45) is 0 Å². The van der Waals surface area contributed by atoms with Gasteiger partial charge in [-0.2, -0.15) is 0 Å². The van der Waals surface area contributed by atoms with Gasteiger partial charge in [0, 0.05) is 0 Å². The smallest absolute Gasteiger partial charge is 0.115 e. The fourth-order valence-electron chi connectivity index (χ4n) is 0.268. The molecule has 1 N–H and O–H groups in total. The number of hydrogen-bond donors (Lipinski definition) is 1. The maximum absolute atomic E-state index is 8.78. The van der Waals surface area contributed by atoms with Crippen LogP contribution in [0, 0.1) is 0 Å². The molecule has 0 aliphatic heterocycles. The summed E-state index contributed by atoms with van der Waals surface area (Å²) < 4.78 is 0.968. The maximum Gasteiger partial charge on any atom is 0.115 e. The van der Waals surface area contributed by atoms with Gasteiger partial charge in [0.25, 0.3) is 0 Å². The fraction of sp³-hybridized carbons (Fsp3) is 0.333. The number of rotatable bonds is 2. The lowest BCUT2D eigenvalue weighted by Gasteiger charge is -1.84. The molecule has 0 unspecified atom stereocenters. The fourth-order valence-corrected chi connectivity index (χ4v) is 0.400. The molecule has 0 atom stereocenters. The molecule has 0 bridgehead atoms. The van der Waals surface area contributed by atoms with Crippen molar-refractivity contribution in [1.82, 2.24) is 0 Å². The van der Waals surface area contributed by atoms with E-state index in [1.807, 2.05) is 20.8 Å². The Bertz CT molecular complexity index is 153. The molecule has 0 aliphatic rings. The van der Waals surface area contributed by atoms with Crippen molar-refractivity contribution in [2.45, 2.75) is 20.8 Å². The predicted molar refractivity (Wildman–Crippen MR) is 54.9 cm³/mol. The molecule has 0 radical (unpaired) electrons. The first-order chi connectivity index (χ1) is 5.16. The first-order valence-electron chi connectivity index (χ1n) is 3.52. The van der Waals surface area contributed by atoms with E-state index in [1.54, 1.807) is 12.2 Å². The van der Waals surface area contributed by atoms with Gasteiger partial charge >= 0.3 is 0 Å². The van der Waals surface area contributed by atoms with E-state index < -0.39 is 0 Å². The van der Waals surface area contributed by atoms with Crippen LogP contribution in [-0.2, 0) is 0 Å². The molecule has 2 heteroatoms. The molecular formula is C9H15BrO. The quantitative estimate of drug-likeness (QED) is 0.550. The van der Waals surface area contributed by atoms with Gasteiger partial charge in [-0.15, -0.1) is 0 Å². The maximum atomic E-state index is 8.78. The van der Waals surface area contributed by atoms with Gasteiger partial charge < -0.3 is 5.11 Å². The summed E-state index contributed by atoms with van der Waals surface area (Å²) in [7, 11) is 0. The van der Waals surface area contributed by atoms with Crippen molar-refractivity contribution in [1.29, 1.82) is 0 Å². The lowest BCUT2D eigenvalue weighted by Crippen LogP contribution is -1.68. The average Bonchev–Trinajstić information content (AvgIpc) is 2.04. The highest BCUT2D eigenvalue weighted by Crippen LogP contribution is 2.02. The molecular weight excluding hydrogens is 204 g/mol. The third kappa shape index (κ3) is 12.6. The molecule has 0 amide bonds. The summed E-state index contributed by atoms with van der Waals surface area (Å²) in [5.74, 6) is 0.175. The van der Waals surface area contributed by atoms with Crippen LogP contribution in [-0.4, -0.2) is 5.11 Å². The van der Waals surface area contributed by atoms with Gasteiger partial charge in [0.05, 0.1) is 0 Å². The zero-order valence-electron chi connectivity index (χ0n) is 7.26. The van der Waals surface area contributed by atoms with Crippen molar-refractivity contribution >= 4 is 15.9 Å². The minimum absolute atomic E-state index is 0.175. The molecule has 0 saturated heterocycles. The van der Waals surface area contributed by atoms with E-state index in [4.69, 9.17) is 5.11 Å². The second-order valence-electron chi connectivity index (χ2n) is 1.55. The molecule has 0 aromatic heterocycles.